The Bertz CT molecular complexity index is 883. The molecule has 0 aromatic heterocycles. The zero-order chi connectivity index (χ0) is 19.4. The number of nitrogens with one attached hydrogen (secondary N) is 1. The van der Waals surface area contributed by atoms with Crippen LogP contribution in [0, 0.1) is 10.1 Å². The van der Waals surface area contributed by atoms with Gasteiger partial charge in [-0.2, -0.15) is 0 Å². The first-order valence-corrected chi connectivity index (χ1v) is 8.05. The number of benzene rings is 2. The molecule has 9 heteroatoms. The Morgan fingerprint density at radius 1 is 1.22 bits per heavy atom. The molecule has 0 spiro atoms. The van der Waals surface area contributed by atoms with E-state index in [0.29, 0.717) is 0 Å². The number of hydrogen-bond acceptors (Lipinski definition) is 7. The number of nitro groups is 1. The van der Waals surface area contributed by atoms with Crippen LogP contribution in [0.4, 0.5) is 5.69 Å². The van der Waals surface area contributed by atoms with Crippen molar-refractivity contribution in [1.29, 1.82) is 0 Å². The van der Waals surface area contributed by atoms with Crippen LogP contribution in [0.2, 0.25) is 0 Å². The van der Waals surface area contributed by atoms with E-state index in [2.05, 4.69) is 5.32 Å². The van der Waals surface area contributed by atoms with Gasteiger partial charge in [0.1, 0.15) is 5.56 Å². The maximum absolute atomic E-state index is 12.2. The average molecular weight is 372 g/mol. The largest absolute Gasteiger partial charge is 0.454 e. The van der Waals surface area contributed by atoms with Gasteiger partial charge in [0.15, 0.2) is 18.1 Å². The van der Waals surface area contributed by atoms with Crippen LogP contribution in [0.5, 0.6) is 11.5 Å². The van der Waals surface area contributed by atoms with Crippen molar-refractivity contribution in [3.05, 3.63) is 63.7 Å². The van der Waals surface area contributed by atoms with Gasteiger partial charge >= 0.3 is 5.97 Å². The number of rotatable bonds is 6. The Hall–Kier alpha value is -3.62. The minimum atomic E-state index is -0.998. The Balaban J connectivity index is 1.64. The molecule has 0 radical (unpaired) electrons. The summed E-state index contributed by atoms with van der Waals surface area (Å²) in [5.74, 6) is -1.15. The van der Waals surface area contributed by atoms with E-state index in [1.54, 1.807) is 6.92 Å². The van der Waals surface area contributed by atoms with E-state index in [9.17, 15) is 19.7 Å². The minimum absolute atomic E-state index is 0.0925. The van der Waals surface area contributed by atoms with Crippen molar-refractivity contribution in [3.63, 3.8) is 0 Å². The third kappa shape index (κ3) is 4.14. The van der Waals surface area contributed by atoms with Crippen molar-refractivity contribution >= 4 is 17.6 Å². The second-order valence-corrected chi connectivity index (χ2v) is 5.76. The normalized spacial score (nSPS) is 12.9. The molecular formula is C18H16N2O7. The fourth-order valence-electron chi connectivity index (χ4n) is 2.56. The van der Waals surface area contributed by atoms with E-state index in [0.717, 1.165) is 11.6 Å². The summed E-state index contributed by atoms with van der Waals surface area (Å²) < 4.78 is 15.1. The van der Waals surface area contributed by atoms with Gasteiger partial charge in [-0.05, 0) is 12.5 Å². The topological polar surface area (TPSA) is 117 Å². The van der Waals surface area contributed by atoms with Crippen molar-refractivity contribution in [2.75, 3.05) is 13.4 Å². The molecule has 0 aliphatic carbocycles. The number of esters is 1. The minimum Gasteiger partial charge on any atom is -0.454 e. The summed E-state index contributed by atoms with van der Waals surface area (Å²) in [7, 11) is 0. The lowest BCUT2D eigenvalue weighted by Gasteiger charge is -2.14. The molecule has 1 heterocycles. The average Bonchev–Trinajstić information content (AvgIpc) is 3.13. The summed E-state index contributed by atoms with van der Waals surface area (Å²) in [5.41, 5.74) is 0.0963. The van der Waals surface area contributed by atoms with Gasteiger partial charge in [0.25, 0.3) is 11.6 Å². The lowest BCUT2D eigenvalue weighted by molar-refractivity contribution is -0.385. The van der Waals surface area contributed by atoms with Gasteiger partial charge < -0.3 is 19.5 Å². The highest BCUT2D eigenvalue weighted by atomic mass is 16.7. The first-order chi connectivity index (χ1) is 13.0. The third-order valence-electron chi connectivity index (χ3n) is 3.92. The van der Waals surface area contributed by atoms with Crippen LogP contribution in [0.3, 0.4) is 0 Å². The van der Waals surface area contributed by atoms with Gasteiger partial charge in [0, 0.05) is 6.07 Å². The summed E-state index contributed by atoms with van der Waals surface area (Å²) in [5, 5.41) is 13.9. The van der Waals surface area contributed by atoms with E-state index < -0.39 is 29.1 Å². The molecule has 1 aliphatic heterocycles. The second-order valence-electron chi connectivity index (χ2n) is 5.76. The van der Waals surface area contributed by atoms with Crippen molar-refractivity contribution in [1.82, 2.24) is 5.32 Å². The van der Waals surface area contributed by atoms with E-state index in [-0.39, 0.29) is 29.9 Å². The predicted octanol–water partition coefficient (Wildman–Crippen LogP) is 2.36. The van der Waals surface area contributed by atoms with Crippen molar-refractivity contribution < 1.29 is 28.7 Å². The number of hydrogen-bond donors (Lipinski definition) is 1. The molecule has 3 rings (SSSR count). The maximum atomic E-state index is 12.2. The molecule has 2 aromatic carbocycles. The highest BCUT2D eigenvalue weighted by Gasteiger charge is 2.28. The molecule has 27 heavy (non-hydrogen) atoms. The summed E-state index contributed by atoms with van der Waals surface area (Å²) in [6.45, 7) is 1.13. The zero-order valence-electron chi connectivity index (χ0n) is 14.3. The summed E-state index contributed by atoms with van der Waals surface area (Å²) >= 11 is 0. The van der Waals surface area contributed by atoms with Crippen molar-refractivity contribution in [3.8, 4) is 11.5 Å². The molecule has 1 aliphatic rings. The highest BCUT2D eigenvalue weighted by molar-refractivity contribution is 5.96. The van der Waals surface area contributed by atoms with Gasteiger partial charge in [0.05, 0.1) is 17.0 Å². The summed E-state index contributed by atoms with van der Waals surface area (Å²) in [4.78, 5) is 34.7. The molecule has 140 valence electrons. The number of nitrogens with zero attached hydrogens (tertiary/aromatic N) is 1. The Labute approximate surface area is 154 Å². The standard InChI is InChI=1S/C18H16N2O7/c1-11(12-5-3-2-4-6-12)19-17(21)9-25-18(22)13-7-15-16(27-10-26-15)8-14(13)20(23)24/h2-8,11H,9-10H2,1H3,(H,19,21). The molecule has 0 saturated carbocycles. The SMILES string of the molecule is CC(NC(=O)COC(=O)c1cc2c(cc1[N+](=O)[O-])OCO2)c1ccccc1. The van der Waals surface area contributed by atoms with Crippen LogP contribution < -0.4 is 14.8 Å². The molecule has 0 fully saturated rings. The van der Waals surface area contributed by atoms with Crippen LogP contribution in [0.15, 0.2) is 42.5 Å². The molecular weight excluding hydrogens is 356 g/mol. The second kappa shape index (κ2) is 7.73. The predicted molar refractivity (Wildman–Crippen MR) is 92.5 cm³/mol. The molecule has 0 saturated heterocycles. The van der Waals surface area contributed by atoms with Crippen LogP contribution in [0.1, 0.15) is 28.9 Å². The van der Waals surface area contributed by atoms with E-state index in [4.69, 9.17) is 14.2 Å². The molecule has 1 unspecified atom stereocenters. The maximum Gasteiger partial charge on any atom is 0.345 e. The van der Waals surface area contributed by atoms with Gasteiger partial charge in [-0.3, -0.25) is 14.9 Å². The number of carbonyl (C=O) groups excluding carboxylic acids is 2. The van der Waals surface area contributed by atoms with E-state index >= 15 is 0 Å². The number of fused-ring (bicyclic) bond motifs is 1. The lowest BCUT2D eigenvalue weighted by atomic mass is 10.1. The number of nitro benzene ring substituents is 1. The Morgan fingerprint density at radius 2 is 1.89 bits per heavy atom. The quantitative estimate of drug-likeness (QED) is 0.470. The number of carbonyl (C=O) groups is 2. The van der Waals surface area contributed by atoms with E-state index in [1.807, 2.05) is 30.3 Å². The Morgan fingerprint density at radius 3 is 2.56 bits per heavy atom. The van der Waals surface area contributed by atoms with Crippen LogP contribution in [-0.2, 0) is 9.53 Å². The van der Waals surface area contributed by atoms with Gasteiger partial charge in [-0.25, -0.2) is 4.79 Å². The first-order valence-electron chi connectivity index (χ1n) is 8.05. The fraction of sp³-hybridized carbons (Fsp3) is 0.222. The summed E-state index contributed by atoms with van der Waals surface area (Å²) in [6.07, 6.45) is 0. The van der Waals surface area contributed by atoms with Crippen LogP contribution >= 0.6 is 0 Å². The number of amides is 1. The van der Waals surface area contributed by atoms with E-state index in [1.165, 1.54) is 6.07 Å². The highest BCUT2D eigenvalue weighted by Crippen LogP contribution is 2.38. The molecule has 1 atom stereocenters. The zero-order valence-corrected chi connectivity index (χ0v) is 14.3. The number of ether oxygens (including phenoxy) is 3. The van der Waals surface area contributed by atoms with Crippen molar-refractivity contribution in [2.24, 2.45) is 0 Å². The molecule has 1 amide bonds. The fourth-order valence-corrected chi connectivity index (χ4v) is 2.56. The monoisotopic (exact) mass is 372 g/mol. The summed E-state index contributed by atoms with van der Waals surface area (Å²) in [6, 6.07) is 11.2. The molecule has 1 N–H and O–H groups in total. The first kappa shape index (κ1) is 18.2. The smallest absolute Gasteiger partial charge is 0.345 e. The Kier molecular flexibility index (Phi) is 5.20. The molecule has 0 bridgehead atoms. The van der Waals surface area contributed by atoms with Crippen LogP contribution in [-0.4, -0.2) is 30.2 Å². The van der Waals surface area contributed by atoms with Gasteiger partial charge in [-0.1, -0.05) is 30.3 Å². The lowest BCUT2D eigenvalue weighted by Crippen LogP contribution is -2.31. The van der Waals surface area contributed by atoms with Gasteiger partial charge in [-0.15, -0.1) is 0 Å². The van der Waals surface area contributed by atoms with Gasteiger partial charge in [0.2, 0.25) is 6.79 Å². The molecule has 2 aromatic rings. The third-order valence-corrected chi connectivity index (χ3v) is 3.92. The molecule has 9 nitrogen and oxygen atoms in total. The van der Waals surface area contributed by atoms with Crippen molar-refractivity contribution in [2.45, 2.75) is 13.0 Å². The van der Waals surface area contributed by atoms with Crippen LogP contribution in [0.25, 0.3) is 0 Å².